The number of hydrogen-bond acceptors (Lipinski definition) is 4. The van der Waals surface area contributed by atoms with Crippen molar-refractivity contribution < 1.29 is 9.53 Å². The van der Waals surface area contributed by atoms with Crippen molar-refractivity contribution in [3.63, 3.8) is 0 Å². The Bertz CT molecular complexity index is 784. The highest BCUT2D eigenvalue weighted by molar-refractivity contribution is 5.75. The van der Waals surface area contributed by atoms with Gasteiger partial charge in [0.1, 0.15) is 0 Å². The van der Waals surface area contributed by atoms with Gasteiger partial charge in [-0.05, 0) is 17.5 Å². The minimum Gasteiger partial charge on any atom is -0.379 e. The molecule has 27 heavy (non-hydrogen) atoms. The highest BCUT2D eigenvalue weighted by Gasteiger charge is 2.31. The zero-order chi connectivity index (χ0) is 18.6. The van der Waals surface area contributed by atoms with Gasteiger partial charge in [-0.1, -0.05) is 24.3 Å². The molecule has 0 spiro atoms. The van der Waals surface area contributed by atoms with E-state index in [0.29, 0.717) is 12.6 Å². The maximum absolute atomic E-state index is 12.7. The molecule has 2 fully saturated rings. The van der Waals surface area contributed by atoms with Crippen LogP contribution in [0.3, 0.4) is 0 Å². The highest BCUT2D eigenvalue weighted by Crippen LogP contribution is 2.23. The predicted molar refractivity (Wildman–Crippen MR) is 103 cm³/mol. The summed E-state index contributed by atoms with van der Waals surface area (Å²) >= 11 is 0. The molecule has 144 valence electrons. The number of ether oxygens (including phenoxy) is 1. The van der Waals surface area contributed by atoms with Crippen LogP contribution >= 0.6 is 0 Å². The Balaban J connectivity index is 1.35. The standard InChI is InChI=1S/C20H27N5O2/c1-23-14-17(13-22-23)19-5-3-2-4-16(19)12-21-20(26)25-7-6-18(15-25)24-8-10-27-11-9-24/h2-5,13-14,18H,6-12,15H2,1H3,(H,21,26). The molecule has 1 aromatic carbocycles. The molecule has 2 aromatic rings. The van der Waals surface area contributed by atoms with Crippen molar-refractivity contribution in [2.24, 2.45) is 7.05 Å². The summed E-state index contributed by atoms with van der Waals surface area (Å²) in [5.74, 6) is 0. The van der Waals surface area contributed by atoms with Gasteiger partial charge >= 0.3 is 6.03 Å². The SMILES string of the molecule is Cn1cc(-c2ccccc2CNC(=O)N2CCC(N3CCOCC3)C2)cn1. The number of nitrogens with one attached hydrogen (secondary N) is 1. The number of aromatic nitrogens is 2. The summed E-state index contributed by atoms with van der Waals surface area (Å²) in [5.41, 5.74) is 3.28. The molecule has 2 saturated heterocycles. The summed E-state index contributed by atoms with van der Waals surface area (Å²) < 4.78 is 7.22. The van der Waals surface area contributed by atoms with Crippen molar-refractivity contribution >= 4 is 6.03 Å². The number of amides is 2. The lowest BCUT2D eigenvalue weighted by Gasteiger charge is -2.32. The van der Waals surface area contributed by atoms with Crippen LogP contribution in [0.5, 0.6) is 0 Å². The molecular formula is C20H27N5O2. The van der Waals surface area contributed by atoms with E-state index in [2.05, 4.69) is 27.4 Å². The van der Waals surface area contributed by atoms with Gasteiger partial charge in [-0.2, -0.15) is 5.10 Å². The van der Waals surface area contributed by atoms with E-state index in [1.807, 2.05) is 36.5 Å². The number of aryl methyl sites for hydroxylation is 1. The summed E-state index contributed by atoms with van der Waals surface area (Å²) in [6.07, 6.45) is 4.89. The Labute approximate surface area is 159 Å². The number of likely N-dealkylation sites (tertiary alicyclic amines) is 1. The fourth-order valence-electron chi connectivity index (χ4n) is 3.97. The molecule has 4 rings (SSSR count). The first-order valence-electron chi connectivity index (χ1n) is 9.62. The topological polar surface area (TPSA) is 62.6 Å². The molecule has 0 saturated carbocycles. The Morgan fingerprint density at radius 3 is 2.85 bits per heavy atom. The van der Waals surface area contributed by atoms with Crippen LogP contribution in [0.2, 0.25) is 0 Å². The molecule has 1 N–H and O–H groups in total. The lowest BCUT2D eigenvalue weighted by molar-refractivity contribution is 0.0191. The molecule has 1 aromatic heterocycles. The number of urea groups is 1. The molecule has 0 bridgehead atoms. The van der Waals surface area contributed by atoms with Crippen molar-refractivity contribution in [1.82, 2.24) is 24.9 Å². The molecule has 2 aliphatic rings. The van der Waals surface area contributed by atoms with Crippen molar-refractivity contribution in [2.75, 3.05) is 39.4 Å². The monoisotopic (exact) mass is 369 g/mol. The zero-order valence-electron chi connectivity index (χ0n) is 15.8. The van der Waals surface area contributed by atoms with Crippen LogP contribution < -0.4 is 5.32 Å². The number of benzene rings is 1. The normalized spacial score (nSPS) is 20.8. The fraction of sp³-hybridized carbons (Fsp3) is 0.500. The molecule has 0 aliphatic carbocycles. The molecule has 3 heterocycles. The van der Waals surface area contributed by atoms with Crippen LogP contribution in [0.15, 0.2) is 36.7 Å². The largest absolute Gasteiger partial charge is 0.379 e. The van der Waals surface area contributed by atoms with Gasteiger partial charge in [-0.15, -0.1) is 0 Å². The lowest BCUT2D eigenvalue weighted by Crippen LogP contribution is -2.46. The summed E-state index contributed by atoms with van der Waals surface area (Å²) in [6.45, 7) is 5.68. The van der Waals surface area contributed by atoms with Crippen LogP contribution in [-0.2, 0) is 18.3 Å². The molecule has 2 amide bonds. The quantitative estimate of drug-likeness (QED) is 0.891. The van der Waals surface area contributed by atoms with Crippen LogP contribution in [-0.4, -0.2) is 71.0 Å². The van der Waals surface area contributed by atoms with Gasteiger partial charge in [0.25, 0.3) is 0 Å². The van der Waals surface area contributed by atoms with Crippen molar-refractivity contribution in [2.45, 2.75) is 19.0 Å². The van der Waals surface area contributed by atoms with Crippen molar-refractivity contribution in [3.8, 4) is 11.1 Å². The number of rotatable bonds is 4. The second-order valence-electron chi connectivity index (χ2n) is 7.26. The molecule has 1 atom stereocenters. The number of morpholine rings is 1. The van der Waals surface area contributed by atoms with Gasteiger partial charge in [0, 0.05) is 57.6 Å². The van der Waals surface area contributed by atoms with Crippen molar-refractivity contribution in [1.29, 1.82) is 0 Å². The minimum absolute atomic E-state index is 0.0201. The Morgan fingerprint density at radius 1 is 1.26 bits per heavy atom. The Hall–Kier alpha value is -2.38. The third-order valence-electron chi connectivity index (χ3n) is 5.48. The fourth-order valence-corrected chi connectivity index (χ4v) is 3.97. The molecular weight excluding hydrogens is 342 g/mol. The van der Waals surface area contributed by atoms with Crippen LogP contribution in [0.1, 0.15) is 12.0 Å². The lowest BCUT2D eigenvalue weighted by atomic mass is 10.0. The van der Waals surface area contributed by atoms with E-state index < -0.39 is 0 Å². The van der Waals surface area contributed by atoms with Gasteiger partial charge in [-0.3, -0.25) is 9.58 Å². The second-order valence-corrected chi connectivity index (χ2v) is 7.26. The van der Waals surface area contributed by atoms with Crippen LogP contribution in [0.25, 0.3) is 11.1 Å². The molecule has 2 aliphatic heterocycles. The second kappa shape index (κ2) is 8.10. The van der Waals surface area contributed by atoms with E-state index in [-0.39, 0.29) is 6.03 Å². The van der Waals surface area contributed by atoms with Crippen molar-refractivity contribution in [3.05, 3.63) is 42.2 Å². The maximum Gasteiger partial charge on any atom is 0.317 e. The third-order valence-corrected chi connectivity index (χ3v) is 5.48. The van der Waals surface area contributed by atoms with Crippen LogP contribution in [0, 0.1) is 0 Å². The summed E-state index contributed by atoms with van der Waals surface area (Å²) in [4.78, 5) is 17.0. The van der Waals surface area contributed by atoms with E-state index in [0.717, 1.165) is 62.5 Å². The number of hydrogen-bond donors (Lipinski definition) is 1. The Kier molecular flexibility index (Phi) is 5.40. The summed E-state index contributed by atoms with van der Waals surface area (Å²) in [5, 5.41) is 7.35. The first kappa shape index (κ1) is 18.0. The summed E-state index contributed by atoms with van der Waals surface area (Å²) in [6, 6.07) is 8.63. The average Bonchev–Trinajstić information content (AvgIpc) is 3.36. The highest BCUT2D eigenvalue weighted by atomic mass is 16.5. The first-order chi connectivity index (χ1) is 13.2. The zero-order valence-corrected chi connectivity index (χ0v) is 15.8. The maximum atomic E-state index is 12.7. The van der Waals surface area contributed by atoms with Gasteiger partial charge < -0.3 is 15.0 Å². The van der Waals surface area contributed by atoms with Gasteiger partial charge in [0.2, 0.25) is 0 Å². The van der Waals surface area contributed by atoms with Crippen LogP contribution in [0.4, 0.5) is 4.79 Å². The van der Waals surface area contributed by atoms with Gasteiger partial charge in [0.05, 0.1) is 19.4 Å². The number of carbonyl (C=O) groups is 1. The molecule has 7 nitrogen and oxygen atoms in total. The Morgan fingerprint density at radius 2 is 2.07 bits per heavy atom. The number of carbonyl (C=O) groups excluding carboxylic acids is 1. The van der Waals surface area contributed by atoms with E-state index in [1.54, 1.807) is 4.68 Å². The first-order valence-corrected chi connectivity index (χ1v) is 9.62. The molecule has 7 heteroatoms. The van der Waals surface area contributed by atoms with E-state index in [9.17, 15) is 4.79 Å². The van der Waals surface area contributed by atoms with E-state index in [4.69, 9.17) is 4.74 Å². The molecule has 1 unspecified atom stereocenters. The molecule has 0 radical (unpaired) electrons. The number of nitrogens with zero attached hydrogens (tertiary/aromatic N) is 4. The average molecular weight is 369 g/mol. The van der Waals surface area contributed by atoms with E-state index in [1.165, 1.54) is 0 Å². The van der Waals surface area contributed by atoms with Gasteiger partial charge in [0.15, 0.2) is 0 Å². The van der Waals surface area contributed by atoms with E-state index >= 15 is 0 Å². The summed E-state index contributed by atoms with van der Waals surface area (Å²) in [7, 11) is 1.91. The third kappa shape index (κ3) is 4.14. The smallest absolute Gasteiger partial charge is 0.317 e. The van der Waals surface area contributed by atoms with Gasteiger partial charge in [-0.25, -0.2) is 4.79 Å². The predicted octanol–water partition coefficient (Wildman–Crippen LogP) is 1.70. The minimum atomic E-state index is 0.0201.